The molecule has 9 nitrogen and oxygen atoms in total. The van der Waals surface area contributed by atoms with Crippen LogP contribution in [0.2, 0.25) is 0 Å². The van der Waals surface area contributed by atoms with Gasteiger partial charge in [-0.3, -0.25) is 19.4 Å². The van der Waals surface area contributed by atoms with E-state index in [9.17, 15) is 9.59 Å². The van der Waals surface area contributed by atoms with Gasteiger partial charge in [0.15, 0.2) is 11.5 Å². The van der Waals surface area contributed by atoms with Crippen molar-refractivity contribution in [2.45, 2.75) is 6.54 Å². The zero-order valence-electron chi connectivity index (χ0n) is 14.9. The monoisotopic (exact) mass is 361 g/mol. The number of nitrogens with one attached hydrogen (secondary N) is 1. The summed E-state index contributed by atoms with van der Waals surface area (Å²) >= 11 is 0. The van der Waals surface area contributed by atoms with Crippen LogP contribution in [0.25, 0.3) is 10.9 Å². The number of carbonyl (C=O) groups is 1. The first kappa shape index (κ1) is 18.2. The van der Waals surface area contributed by atoms with Crippen molar-refractivity contribution in [2.75, 3.05) is 46.9 Å². The van der Waals surface area contributed by atoms with Crippen molar-refractivity contribution in [3.8, 4) is 11.5 Å². The van der Waals surface area contributed by atoms with Crippen LogP contribution in [0.4, 0.5) is 0 Å². The van der Waals surface area contributed by atoms with E-state index in [4.69, 9.17) is 15.2 Å². The summed E-state index contributed by atoms with van der Waals surface area (Å²) in [6.45, 7) is 3.88. The average Bonchev–Trinajstić information content (AvgIpc) is 2.62. The van der Waals surface area contributed by atoms with Crippen molar-refractivity contribution >= 4 is 16.8 Å². The van der Waals surface area contributed by atoms with Crippen molar-refractivity contribution in [1.82, 2.24) is 19.8 Å². The first-order valence-electron chi connectivity index (χ1n) is 8.38. The normalized spacial score (nSPS) is 15.9. The number of nitrogens with zero attached hydrogens (tertiary/aromatic N) is 3. The Kier molecular flexibility index (Phi) is 5.38. The highest BCUT2D eigenvalue weighted by Crippen LogP contribution is 2.29. The fourth-order valence-corrected chi connectivity index (χ4v) is 3.13. The average molecular weight is 361 g/mol. The maximum atomic E-state index is 12.4. The molecular formula is C17H23N5O4. The maximum absolute atomic E-state index is 12.4. The van der Waals surface area contributed by atoms with Crippen LogP contribution in [0.1, 0.15) is 5.82 Å². The Balaban J connectivity index is 1.77. The van der Waals surface area contributed by atoms with Gasteiger partial charge in [0, 0.05) is 32.2 Å². The largest absolute Gasteiger partial charge is 0.493 e. The van der Waals surface area contributed by atoms with Crippen LogP contribution in [-0.4, -0.2) is 72.6 Å². The van der Waals surface area contributed by atoms with E-state index in [1.54, 1.807) is 19.2 Å². The Morgan fingerprint density at radius 3 is 2.38 bits per heavy atom. The summed E-state index contributed by atoms with van der Waals surface area (Å²) < 4.78 is 10.5. The maximum Gasteiger partial charge on any atom is 0.258 e. The van der Waals surface area contributed by atoms with Gasteiger partial charge >= 0.3 is 0 Å². The lowest BCUT2D eigenvalue weighted by Gasteiger charge is -2.33. The first-order valence-corrected chi connectivity index (χ1v) is 8.38. The SMILES string of the molecule is COc1cc2nc(CN3CCN(CC(N)=O)CC3)[nH]c(=O)c2cc1OC. The van der Waals surface area contributed by atoms with Crippen molar-refractivity contribution in [3.05, 3.63) is 28.3 Å². The van der Waals surface area contributed by atoms with E-state index in [0.717, 1.165) is 26.2 Å². The van der Waals surface area contributed by atoms with Gasteiger partial charge in [0.05, 0.1) is 38.2 Å². The minimum Gasteiger partial charge on any atom is -0.493 e. The number of piperazine rings is 1. The standard InChI is InChI=1S/C17H23N5O4/c1-25-13-7-11-12(8-14(13)26-2)19-16(20-17(11)24)10-22-5-3-21(4-6-22)9-15(18)23/h7-8H,3-6,9-10H2,1-2H3,(H2,18,23)(H,19,20,24). The summed E-state index contributed by atoms with van der Waals surface area (Å²) in [7, 11) is 3.07. The highest BCUT2D eigenvalue weighted by Gasteiger charge is 2.19. The molecule has 0 radical (unpaired) electrons. The Labute approximate surface area is 150 Å². The van der Waals surface area contributed by atoms with Gasteiger partial charge in [-0.05, 0) is 6.07 Å². The molecule has 3 N–H and O–H groups in total. The van der Waals surface area contributed by atoms with Crippen LogP contribution in [-0.2, 0) is 11.3 Å². The number of carbonyl (C=O) groups excluding carboxylic acids is 1. The first-order chi connectivity index (χ1) is 12.5. The number of aromatic amines is 1. The summed E-state index contributed by atoms with van der Waals surface area (Å²) in [5.41, 5.74) is 5.59. The highest BCUT2D eigenvalue weighted by atomic mass is 16.5. The van der Waals surface area contributed by atoms with Gasteiger partial charge < -0.3 is 20.2 Å². The number of amides is 1. The van der Waals surface area contributed by atoms with Crippen LogP contribution < -0.4 is 20.8 Å². The van der Waals surface area contributed by atoms with Gasteiger partial charge in [-0.15, -0.1) is 0 Å². The number of benzene rings is 1. The third kappa shape index (κ3) is 3.94. The van der Waals surface area contributed by atoms with E-state index in [0.29, 0.717) is 34.8 Å². The van der Waals surface area contributed by atoms with Crippen molar-refractivity contribution in [2.24, 2.45) is 5.73 Å². The molecule has 3 rings (SSSR count). The molecule has 2 aromatic rings. The van der Waals surface area contributed by atoms with E-state index in [1.165, 1.54) is 7.11 Å². The van der Waals surface area contributed by atoms with Gasteiger partial charge in [0.1, 0.15) is 5.82 Å². The second kappa shape index (κ2) is 7.71. The second-order valence-corrected chi connectivity index (χ2v) is 6.26. The van der Waals surface area contributed by atoms with E-state index in [2.05, 4.69) is 14.9 Å². The van der Waals surface area contributed by atoms with Crippen LogP contribution in [0.5, 0.6) is 11.5 Å². The molecule has 0 bridgehead atoms. The molecule has 26 heavy (non-hydrogen) atoms. The summed E-state index contributed by atoms with van der Waals surface area (Å²) in [6, 6.07) is 3.34. The van der Waals surface area contributed by atoms with Crippen LogP contribution in [0, 0.1) is 0 Å². The molecule has 1 fully saturated rings. The zero-order valence-corrected chi connectivity index (χ0v) is 14.9. The molecule has 1 aromatic carbocycles. The minimum atomic E-state index is -0.316. The predicted molar refractivity (Wildman–Crippen MR) is 96.4 cm³/mol. The van der Waals surface area contributed by atoms with E-state index < -0.39 is 0 Å². The minimum absolute atomic E-state index is 0.210. The number of aromatic nitrogens is 2. The third-order valence-corrected chi connectivity index (χ3v) is 4.48. The van der Waals surface area contributed by atoms with Gasteiger partial charge in [-0.25, -0.2) is 4.98 Å². The van der Waals surface area contributed by atoms with E-state index in [-0.39, 0.29) is 18.0 Å². The highest BCUT2D eigenvalue weighted by molar-refractivity contribution is 5.81. The number of fused-ring (bicyclic) bond motifs is 1. The number of hydrogen-bond acceptors (Lipinski definition) is 7. The van der Waals surface area contributed by atoms with Gasteiger partial charge in [-0.2, -0.15) is 0 Å². The van der Waals surface area contributed by atoms with Gasteiger partial charge in [0.2, 0.25) is 5.91 Å². The Hall–Kier alpha value is -2.65. The number of H-pyrrole nitrogens is 1. The summed E-state index contributed by atoms with van der Waals surface area (Å²) in [4.78, 5) is 35.0. The number of nitrogens with two attached hydrogens (primary N) is 1. The molecule has 0 unspecified atom stereocenters. The predicted octanol–water partition coefficient (Wildman–Crippen LogP) is -0.457. The summed E-state index contributed by atoms with van der Waals surface area (Å²) in [6.07, 6.45) is 0. The lowest BCUT2D eigenvalue weighted by molar-refractivity contribution is -0.119. The van der Waals surface area contributed by atoms with Gasteiger partial charge in [0.25, 0.3) is 5.56 Å². The zero-order chi connectivity index (χ0) is 18.7. The molecule has 2 heterocycles. The Morgan fingerprint density at radius 2 is 1.77 bits per heavy atom. The molecule has 140 valence electrons. The van der Waals surface area contributed by atoms with Crippen LogP contribution in [0.15, 0.2) is 16.9 Å². The topological polar surface area (TPSA) is 114 Å². The lowest BCUT2D eigenvalue weighted by atomic mass is 10.2. The number of ether oxygens (including phenoxy) is 2. The van der Waals surface area contributed by atoms with Crippen molar-refractivity contribution in [3.63, 3.8) is 0 Å². The second-order valence-electron chi connectivity index (χ2n) is 6.26. The molecule has 1 aromatic heterocycles. The smallest absolute Gasteiger partial charge is 0.258 e. The molecule has 1 aliphatic rings. The molecule has 0 saturated carbocycles. The number of methoxy groups -OCH3 is 2. The Morgan fingerprint density at radius 1 is 1.15 bits per heavy atom. The molecule has 1 amide bonds. The van der Waals surface area contributed by atoms with Crippen molar-refractivity contribution in [1.29, 1.82) is 0 Å². The number of hydrogen-bond donors (Lipinski definition) is 2. The van der Waals surface area contributed by atoms with Gasteiger partial charge in [-0.1, -0.05) is 0 Å². The van der Waals surface area contributed by atoms with E-state index in [1.807, 2.05) is 4.90 Å². The molecule has 0 atom stereocenters. The van der Waals surface area contributed by atoms with Crippen molar-refractivity contribution < 1.29 is 14.3 Å². The fourth-order valence-electron chi connectivity index (χ4n) is 3.13. The molecule has 0 spiro atoms. The molecule has 0 aliphatic carbocycles. The summed E-state index contributed by atoms with van der Waals surface area (Å²) in [5, 5.41) is 0.456. The molecule has 1 saturated heterocycles. The lowest BCUT2D eigenvalue weighted by Crippen LogP contribution is -2.48. The summed E-state index contributed by atoms with van der Waals surface area (Å²) in [5.74, 6) is 1.30. The third-order valence-electron chi connectivity index (χ3n) is 4.48. The fraction of sp³-hybridized carbons (Fsp3) is 0.471. The Bertz CT molecular complexity index is 858. The van der Waals surface area contributed by atoms with Crippen LogP contribution >= 0.6 is 0 Å². The molecule has 9 heteroatoms. The van der Waals surface area contributed by atoms with E-state index >= 15 is 0 Å². The molecular weight excluding hydrogens is 338 g/mol. The quantitative estimate of drug-likeness (QED) is 0.716. The van der Waals surface area contributed by atoms with Crippen LogP contribution in [0.3, 0.4) is 0 Å². The number of rotatable bonds is 6. The molecule has 1 aliphatic heterocycles. The number of primary amides is 1.